The number of aromatic nitrogens is 1. The number of H-pyrrole nitrogens is 1. The van der Waals surface area contributed by atoms with Crippen LogP contribution in [0.15, 0.2) is 24.3 Å². The summed E-state index contributed by atoms with van der Waals surface area (Å²) in [6.45, 7) is 0.318. The Morgan fingerprint density at radius 1 is 1.33 bits per heavy atom. The second kappa shape index (κ2) is 3.38. The van der Waals surface area contributed by atoms with Crippen LogP contribution >= 0.6 is 0 Å². The molecule has 1 aromatic carbocycles. The van der Waals surface area contributed by atoms with Gasteiger partial charge < -0.3 is 10.1 Å². The lowest BCUT2D eigenvalue weighted by Crippen LogP contribution is -2.16. The van der Waals surface area contributed by atoms with Gasteiger partial charge in [0.05, 0.1) is 0 Å². The monoisotopic (exact) mass is 201 g/mol. The maximum absolute atomic E-state index is 9.22. The summed E-state index contributed by atoms with van der Waals surface area (Å²) in [4.78, 5) is 3.48. The molecule has 0 amide bonds. The van der Waals surface area contributed by atoms with Crippen LogP contribution in [0, 0.1) is 5.92 Å². The van der Waals surface area contributed by atoms with Crippen LogP contribution in [-0.4, -0.2) is 16.7 Å². The number of nitrogens with one attached hydrogen (secondary N) is 1. The molecule has 1 aromatic heterocycles. The lowest BCUT2D eigenvalue weighted by atomic mass is 9.87. The Morgan fingerprint density at radius 3 is 3.07 bits per heavy atom. The SMILES string of the molecule is OC[C@@H]1CCc2[nH]c3ccccc3c2C1. The molecule has 0 radical (unpaired) electrons. The fraction of sp³-hybridized carbons (Fsp3) is 0.385. The minimum Gasteiger partial charge on any atom is -0.396 e. The molecule has 78 valence electrons. The molecule has 2 N–H and O–H groups in total. The minimum absolute atomic E-state index is 0.318. The van der Waals surface area contributed by atoms with Gasteiger partial charge in [-0.15, -0.1) is 0 Å². The van der Waals surface area contributed by atoms with E-state index in [4.69, 9.17) is 0 Å². The summed E-state index contributed by atoms with van der Waals surface area (Å²) in [5, 5.41) is 10.6. The van der Waals surface area contributed by atoms with Crippen LogP contribution in [0.5, 0.6) is 0 Å². The smallest absolute Gasteiger partial charge is 0.0462 e. The van der Waals surface area contributed by atoms with E-state index >= 15 is 0 Å². The van der Waals surface area contributed by atoms with Crippen molar-refractivity contribution in [1.82, 2.24) is 4.98 Å². The van der Waals surface area contributed by atoms with Crippen LogP contribution in [0.2, 0.25) is 0 Å². The van der Waals surface area contributed by atoms with Crippen molar-refractivity contribution in [3.05, 3.63) is 35.5 Å². The normalized spacial score (nSPS) is 20.5. The number of benzene rings is 1. The number of hydrogen-bond acceptors (Lipinski definition) is 1. The van der Waals surface area contributed by atoms with Crippen molar-refractivity contribution in [2.24, 2.45) is 5.92 Å². The molecule has 0 aliphatic heterocycles. The van der Waals surface area contributed by atoms with Crippen molar-refractivity contribution in [3.8, 4) is 0 Å². The molecule has 0 unspecified atom stereocenters. The molecule has 0 saturated carbocycles. The van der Waals surface area contributed by atoms with Crippen molar-refractivity contribution < 1.29 is 5.11 Å². The van der Waals surface area contributed by atoms with E-state index in [-0.39, 0.29) is 0 Å². The first kappa shape index (κ1) is 8.98. The van der Waals surface area contributed by atoms with Gasteiger partial charge in [0, 0.05) is 23.2 Å². The Hall–Kier alpha value is -1.28. The van der Waals surface area contributed by atoms with Gasteiger partial charge in [0.15, 0.2) is 0 Å². The second-order valence-electron chi connectivity index (χ2n) is 4.42. The summed E-state index contributed by atoms with van der Waals surface area (Å²) >= 11 is 0. The second-order valence-corrected chi connectivity index (χ2v) is 4.42. The molecule has 15 heavy (non-hydrogen) atoms. The van der Waals surface area contributed by atoms with Gasteiger partial charge in [-0.1, -0.05) is 18.2 Å². The van der Waals surface area contributed by atoms with E-state index < -0.39 is 0 Å². The van der Waals surface area contributed by atoms with E-state index in [9.17, 15) is 5.11 Å². The molecule has 0 saturated heterocycles. The lowest BCUT2D eigenvalue weighted by Gasteiger charge is -2.20. The lowest BCUT2D eigenvalue weighted by molar-refractivity contribution is 0.213. The highest BCUT2D eigenvalue weighted by molar-refractivity contribution is 5.84. The Kier molecular flexibility index (Phi) is 2.03. The minimum atomic E-state index is 0.318. The summed E-state index contributed by atoms with van der Waals surface area (Å²) in [6, 6.07) is 8.44. The van der Waals surface area contributed by atoms with E-state index in [1.165, 1.54) is 22.2 Å². The molecule has 2 aromatic rings. The molecule has 0 fully saturated rings. The van der Waals surface area contributed by atoms with Crippen LogP contribution in [0.1, 0.15) is 17.7 Å². The number of hydrogen-bond donors (Lipinski definition) is 2. The third-order valence-corrected chi connectivity index (χ3v) is 3.46. The van der Waals surface area contributed by atoms with Crippen molar-refractivity contribution in [3.63, 3.8) is 0 Å². The largest absolute Gasteiger partial charge is 0.396 e. The predicted octanol–water partition coefficient (Wildman–Crippen LogP) is 2.27. The number of para-hydroxylation sites is 1. The zero-order chi connectivity index (χ0) is 10.3. The molecule has 2 nitrogen and oxygen atoms in total. The first-order chi connectivity index (χ1) is 7.38. The van der Waals surface area contributed by atoms with Crippen molar-refractivity contribution >= 4 is 10.9 Å². The van der Waals surface area contributed by atoms with Gasteiger partial charge in [-0.2, -0.15) is 0 Å². The average molecular weight is 201 g/mol. The first-order valence-corrected chi connectivity index (χ1v) is 5.58. The fourth-order valence-corrected chi connectivity index (χ4v) is 2.60. The Labute approximate surface area is 88.9 Å². The van der Waals surface area contributed by atoms with Gasteiger partial charge >= 0.3 is 0 Å². The number of fused-ring (bicyclic) bond motifs is 3. The predicted molar refractivity (Wildman–Crippen MR) is 60.9 cm³/mol. The fourth-order valence-electron chi connectivity index (χ4n) is 2.60. The maximum Gasteiger partial charge on any atom is 0.0462 e. The van der Waals surface area contributed by atoms with Crippen LogP contribution in [0.25, 0.3) is 10.9 Å². The third-order valence-electron chi connectivity index (χ3n) is 3.46. The maximum atomic E-state index is 9.22. The quantitative estimate of drug-likeness (QED) is 0.729. The van der Waals surface area contributed by atoms with E-state index in [1.807, 2.05) is 0 Å². The molecular formula is C13H15NO. The van der Waals surface area contributed by atoms with E-state index in [1.54, 1.807) is 0 Å². The zero-order valence-electron chi connectivity index (χ0n) is 8.66. The number of aliphatic hydroxyl groups is 1. The number of aromatic amines is 1. The molecule has 0 spiro atoms. The summed E-state index contributed by atoms with van der Waals surface area (Å²) < 4.78 is 0. The van der Waals surface area contributed by atoms with Gasteiger partial charge in [-0.05, 0) is 36.8 Å². The van der Waals surface area contributed by atoms with Crippen LogP contribution < -0.4 is 0 Å². The van der Waals surface area contributed by atoms with Crippen LogP contribution in [-0.2, 0) is 12.8 Å². The van der Waals surface area contributed by atoms with E-state index in [0.717, 1.165) is 19.3 Å². The highest BCUT2D eigenvalue weighted by atomic mass is 16.3. The Morgan fingerprint density at radius 2 is 2.20 bits per heavy atom. The summed E-state index contributed by atoms with van der Waals surface area (Å²) in [7, 11) is 0. The Bertz CT molecular complexity index is 486. The van der Waals surface area contributed by atoms with Crippen LogP contribution in [0.3, 0.4) is 0 Å². The van der Waals surface area contributed by atoms with Gasteiger partial charge in [0.25, 0.3) is 0 Å². The molecule has 1 atom stereocenters. The van der Waals surface area contributed by atoms with Crippen molar-refractivity contribution in [2.45, 2.75) is 19.3 Å². The Balaban J connectivity index is 2.14. The molecule has 3 rings (SSSR count). The summed E-state index contributed by atoms with van der Waals surface area (Å²) in [6.07, 6.45) is 3.21. The molecule has 0 bridgehead atoms. The summed E-state index contributed by atoms with van der Waals surface area (Å²) in [5.41, 5.74) is 4.04. The topological polar surface area (TPSA) is 36.0 Å². The molecular weight excluding hydrogens is 186 g/mol. The van der Waals surface area contributed by atoms with Gasteiger partial charge in [0.1, 0.15) is 0 Å². The van der Waals surface area contributed by atoms with Gasteiger partial charge in [-0.25, -0.2) is 0 Å². The number of rotatable bonds is 1. The average Bonchev–Trinajstić information content (AvgIpc) is 2.66. The zero-order valence-corrected chi connectivity index (χ0v) is 8.66. The number of aryl methyl sites for hydroxylation is 1. The molecule has 1 aliphatic rings. The molecule has 1 aliphatic carbocycles. The highest BCUT2D eigenvalue weighted by Crippen LogP contribution is 2.31. The van der Waals surface area contributed by atoms with Crippen molar-refractivity contribution in [1.29, 1.82) is 0 Å². The van der Waals surface area contributed by atoms with Gasteiger partial charge in [0.2, 0.25) is 0 Å². The van der Waals surface area contributed by atoms with Crippen LogP contribution in [0.4, 0.5) is 0 Å². The summed E-state index contributed by atoms with van der Waals surface area (Å²) in [5.74, 6) is 0.455. The first-order valence-electron chi connectivity index (χ1n) is 5.58. The standard InChI is InChI=1S/C13H15NO/c15-8-9-5-6-13-11(7-9)10-3-1-2-4-12(10)14-13/h1-4,9,14-15H,5-8H2/t9-/m1/s1. The highest BCUT2D eigenvalue weighted by Gasteiger charge is 2.21. The molecule has 2 heteroatoms. The molecule has 1 heterocycles. The van der Waals surface area contributed by atoms with E-state index in [0.29, 0.717) is 12.5 Å². The van der Waals surface area contributed by atoms with Crippen molar-refractivity contribution in [2.75, 3.05) is 6.61 Å². The third kappa shape index (κ3) is 1.37. The van der Waals surface area contributed by atoms with Gasteiger partial charge in [-0.3, -0.25) is 0 Å². The number of aliphatic hydroxyl groups excluding tert-OH is 1. The van der Waals surface area contributed by atoms with E-state index in [2.05, 4.69) is 29.2 Å².